The van der Waals surface area contributed by atoms with Crippen LogP contribution in [0.15, 0.2) is 6.07 Å². The van der Waals surface area contributed by atoms with Gasteiger partial charge in [0.05, 0.1) is 23.7 Å². The van der Waals surface area contributed by atoms with Crippen LogP contribution in [0.5, 0.6) is 11.9 Å². The van der Waals surface area contributed by atoms with Gasteiger partial charge in [-0.15, -0.1) is 0 Å². The molecule has 4 aliphatic rings. The molecule has 2 aromatic heterocycles. The Kier molecular flexibility index (Phi) is 7.81. The van der Waals surface area contributed by atoms with Crippen LogP contribution in [0, 0.1) is 17.5 Å². The first kappa shape index (κ1) is 31.9. The summed E-state index contributed by atoms with van der Waals surface area (Å²) in [5.74, 6) is -4.69. The van der Waals surface area contributed by atoms with Crippen molar-refractivity contribution in [3.63, 3.8) is 0 Å². The minimum Gasteiger partial charge on any atom is -0.472 e. The zero-order valence-electron chi connectivity index (χ0n) is 25.7. The fourth-order valence-corrected chi connectivity index (χ4v) is 7.87. The van der Waals surface area contributed by atoms with Crippen molar-refractivity contribution in [2.75, 3.05) is 43.4 Å². The molecule has 3 aromatic rings. The van der Waals surface area contributed by atoms with E-state index >= 15 is 8.78 Å². The number of rotatable bonds is 6. The summed E-state index contributed by atoms with van der Waals surface area (Å²) in [5.41, 5.74) is 1.24. The van der Waals surface area contributed by atoms with Crippen LogP contribution in [0.4, 0.5) is 42.2 Å². The van der Waals surface area contributed by atoms with Crippen LogP contribution in [0.1, 0.15) is 45.1 Å². The highest BCUT2D eigenvalue weighted by Gasteiger charge is 2.50. The van der Waals surface area contributed by atoms with Crippen LogP contribution in [-0.4, -0.2) is 88.7 Å². The minimum absolute atomic E-state index is 0.0374. The molecule has 3 saturated heterocycles. The topological polar surface area (TPSA) is 102 Å². The molecule has 0 radical (unpaired) electrons. The Morgan fingerprint density at radius 2 is 1.91 bits per heavy atom. The number of nitrogens with two attached hydrogens (primary N) is 1. The Balaban J connectivity index is 1.43. The third-order valence-electron chi connectivity index (χ3n) is 9.93. The Hall–Kier alpha value is -3.66. The number of nitrogens with one attached hydrogen (secondary N) is 1. The standard InChI is InChI=1S/C31H34F7N7O2/c1-3-19-26-14(2)47-28-20-25(23(35)24(41-28)16-9-18(39)22(34)21(33)17(16)11-31(36,37)38)42-29(43-27(20)45(26)8-6-40-19)46-13-30-5-4-7-44(30)12-15(32)10-30/h9,14-15,19,26,40H,3-8,10-13,39H2,1-2H3/t14-,15+,19-,26+,30-/m0/s1. The molecule has 7 rings (SSSR count). The number of nitrogens with zero attached hydrogens (tertiary/aromatic N) is 5. The van der Waals surface area contributed by atoms with Crippen LogP contribution >= 0.6 is 0 Å². The normalized spacial score (nSPS) is 27.5. The summed E-state index contributed by atoms with van der Waals surface area (Å²) in [7, 11) is 0. The monoisotopic (exact) mass is 669 g/mol. The molecule has 4 aliphatic heterocycles. The predicted octanol–water partition coefficient (Wildman–Crippen LogP) is 5.09. The maximum atomic E-state index is 16.7. The van der Waals surface area contributed by atoms with E-state index in [-0.39, 0.29) is 60.3 Å². The fraction of sp³-hybridized carbons (Fsp3) is 0.581. The Labute approximate surface area is 265 Å². The van der Waals surface area contributed by atoms with E-state index in [1.165, 1.54) is 0 Å². The van der Waals surface area contributed by atoms with Crippen LogP contribution in [0.25, 0.3) is 22.2 Å². The molecule has 6 heterocycles. The number of alkyl halides is 4. The Morgan fingerprint density at radius 3 is 2.66 bits per heavy atom. The molecule has 16 heteroatoms. The second-order valence-electron chi connectivity index (χ2n) is 12.9. The minimum atomic E-state index is -4.98. The molecule has 9 nitrogen and oxygen atoms in total. The van der Waals surface area contributed by atoms with E-state index in [0.717, 1.165) is 12.5 Å². The van der Waals surface area contributed by atoms with E-state index in [1.807, 2.05) is 16.7 Å². The molecule has 0 unspecified atom stereocenters. The van der Waals surface area contributed by atoms with Crippen LogP contribution in [0.3, 0.4) is 0 Å². The molecule has 0 saturated carbocycles. The van der Waals surface area contributed by atoms with Gasteiger partial charge < -0.3 is 25.4 Å². The van der Waals surface area contributed by atoms with E-state index in [4.69, 9.17) is 20.2 Å². The summed E-state index contributed by atoms with van der Waals surface area (Å²) >= 11 is 0. The zero-order chi connectivity index (χ0) is 33.4. The van der Waals surface area contributed by atoms with Gasteiger partial charge in [0.2, 0.25) is 5.88 Å². The second kappa shape index (κ2) is 11.5. The number of ether oxygens (including phenoxy) is 2. The van der Waals surface area contributed by atoms with Crippen molar-refractivity contribution < 1.29 is 40.2 Å². The molecule has 0 amide bonds. The summed E-state index contributed by atoms with van der Waals surface area (Å²) in [6, 6.07) is 0.0940. The van der Waals surface area contributed by atoms with Crippen molar-refractivity contribution in [3.05, 3.63) is 29.1 Å². The number of nitrogen functional groups attached to an aromatic ring is 1. The zero-order valence-corrected chi connectivity index (χ0v) is 25.7. The van der Waals surface area contributed by atoms with Gasteiger partial charge in [0.1, 0.15) is 41.3 Å². The van der Waals surface area contributed by atoms with Gasteiger partial charge in [-0.05, 0) is 38.8 Å². The molecule has 0 spiro atoms. The van der Waals surface area contributed by atoms with Crippen molar-refractivity contribution in [1.29, 1.82) is 0 Å². The van der Waals surface area contributed by atoms with Gasteiger partial charge >= 0.3 is 12.2 Å². The molecular formula is C31H34F7N7O2. The lowest BCUT2D eigenvalue weighted by molar-refractivity contribution is -0.127. The number of fused-ring (bicyclic) bond motifs is 3. The molecule has 3 N–H and O–H groups in total. The summed E-state index contributed by atoms with van der Waals surface area (Å²) in [4.78, 5) is 17.4. The van der Waals surface area contributed by atoms with Gasteiger partial charge in [0.15, 0.2) is 17.5 Å². The van der Waals surface area contributed by atoms with Crippen molar-refractivity contribution in [3.8, 4) is 23.1 Å². The molecule has 0 aliphatic carbocycles. The Bertz CT molecular complexity index is 1730. The average molecular weight is 670 g/mol. The largest absolute Gasteiger partial charge is 0.472 e. The van der Waals surface area contributed by atoms with Crippen molar-refractivity contribution in [2.24, 2.45) is 0 Å². The van der Waals surface area contributed by atoms with Gasteiger partial charge in [0.25, 0.3) is 0 Å². The molecule has 0 bridgehead atoms. The lowest BCUT2D eigenvalue weighted by atomic mass is 9.95. The third kappa shape index (κ3) is 5.36. The summed E-state index contributed by atoms with van der Waals surface area (Å²) in [5, 5.41) is 3.51. The van der Waals surface area contributed by atoms with E-state index in [0.29, 0.717) is 32.5 Å². The average Bonchev–Trinajstić information content (AvgIpc) is 3.52. The number of benzene rings is 1. The molecule has 254 valence electrons. The molecule has 5 atom stereocenters. The van der Waals surface area contributed by atoms with Crippen LogP contribution in [0.2, 0.25) is 0 Å². The first-order chi connectivity index (χ1) is 22.3. The van der Waals surface area contributed by atoms with Gasteiger partial charge in [-0.3, -0.25) is 4.90 Å². The first-order valence-electron chi connectivity index (χ1n) is 15.7. The van der Waals surface area contributed by atoms with Gasteiger partial charge in [0, 0.05) is 43.2 Å². The Morgan fingerprint density at radius 1 is 1.13 bits per heavy atom. The smallest absolute Gasteiger partial charge is 0.393 e. The van der Waals surface area contributed by atoms with E-state index in [1.54, 1.807) is 6.92 Å². The highest BCUT2D eigenvalue weighted by Crippen LogP contribution is 2.45. The lowest BCUT2D eigenvalue weighted by Crippen LogP contribution is -2.62. The van der Waals surface area contributed by atoms with Crippen molar-refractivity contribution >= 4 is 22.4 Å². The third-order valence-corrected chi connectivity index (χ3v) is 9.93. The molecule has 47 heavy (non-hydrogen) atoms. The number of hydrogen-bond acceptors (Lipinski definition) is 9. The maximum absolute atomic E-state index is 16.7. The van der Waals surface area contributed by atoms with Gasteiger partial charge in [-0.1, -0.05) is 6.92 Å². The number of pyridine rings is 1. The van der Waals surface area contributed by atoms with Crippen LogP contribution in [-0.2, 0) is 6.42 Å². The maximum Gasteiger partial charge on any atom is 0.393 e. The van der Waals surface area contributed by atoms with Crippen molar-refractivity contribution in [1.82, 2.24) is 25.2 Å². The molecular weight excluding hydrogens is 635 g/mol. The van der Waals surface area contributed by atoms with Crippen LogP contribution < -0.4 is 25.4 Å². The number of anilines is 2. The number of aromatic nitrogens is 3. The summed E-state index contributed by atoms with van der Waals surface area (Å²) in [6.45, 7) is 5.83. The highest BCUT2D eigenvalue weighted by atomic mass is 19.4. The van der Waals surface area contributed by atoms with E-state index in [2.05, 4.69) is 15.3 Å². The second-order valence-corrected chi connectivity index (χ2v) is 12.9. The fourth-order valence-electron chi connectivity index (χ4n) is 7.87. The number of halogens is 7. The van der Waals surface area contributed by atoms with E-state index < -0.39 is 70.4 Å². The molecule has 1 aromatic carbocycles. The van der Waals surface area contributed by atoms with Crippen molar-refractivity contribution in [2.45, 2.75) is 82.0 Å². The number of piperazine rings is 1. The van der Waals surface area contributed by atoms with Gasteiger partial charge in [-0.25, -0.2) is 22.5 Å². The quantitative estimate of drug-likeness (QED) is 0.275. The van der Waals surface area contributed by atoms with Gasteiger partial charge in [-0.2, -0.15) is 23.1 Å². The molecule has 3 fully saturated rings. The highest BCUT2D eigenvalue weighted by molar-refractivity contribution is 5.97. The first-order valence-corrected chi connectivity index (χ1v) is 15.7. The lowest BCUT2D eigenvalue weighted by Gasteiger charge is -2.43. The summed E-state index contributed by atoms with van der Waals surface area (Å²) < 4.78 is 114. The SMILES string of the molecule is CC[C@@H]1NCCN2c3nc(OC[C@@]45CCCN4C[C@H](F)C5)nc4c(F)c(-c5cc(N)c(F)c(F)c5CC(F)(F)F)nc(c34)O[C@@H](C)[C@H]12. The number of hydrogen-bond donors (Lipinski definition) is 2. The summed E-state index contributed by atoms with van der Waals surface area (Å²) in [6.07, 6.45) is -5.96. The van der Waals surface area contributed by atoms with E-state index in [9.17, 15) is 22.0 Å². The predicted molar refractivity (Wildman–Crippen MR) is 159 cm³/mol.